The third kappa shape index (κ3) is 5.60. The number of nitrogens with zero attached hydrogens (tertiary/aromatic N) is 3. The number of fused-ring (bicyclic) bond motifs is 2. The Morgan fingerprint density at radius 3 is 2.82 bits per heavy atom. The van der Waals surface area contributed by atoms with Crippen LogP contribution < -0.4 is 10.1 Å². The maximum absolute atomic E-state index is 13.0. The van der Waals surface area contributed by atoms with Gasteiger partial charge < -0.3 is 19.1 Å². The van der Waals surface area contributed by atoms with Crippen molar-refractivity contribution in [1.82, 2.24) is 20.1 Å². The number of carbonyl (C=O) groups is 3. The summed E-state index contributed by atoms with van der Waals surface area (Å²) in [6, 6.07) is 15.9. The molecule has 0 unspecified atom stereocenters. The van der Waals surface area contributed by atoms with Crippen LogP contribution in [0.4, 0.5) is 0 Å². The number of aromatic nitrogens is 1. The second-order valence-electron chi connectivity index (χ2n) is 13.3. The van der Waals surface area contributed by atoms with Crippen molar-refractivity contribution in [3.63, 3.8) is 0 Å². The molecule has 0 bridgehead atoms. The van der Waals surface area contributed by atoms with Gasteiger partial charge in [-0.15, -0.1) is 0 Å². The highest BCUT2D eigenvalue weighted by Gasteiger charge is 2.42. The van der Waals surface area contributed by atoms with E-state index in [0.717, 1.165) is 86.4 Å². The predicted octanol–water partition coefficient (Wildman–Crippen LogP) is 3.70. The maximum atomic E-state index is 13.0. The van der Waals surface area contributed by atoms with Gasteiger partial charge in [-0.05, 0) is 73.2 Å². The quantitative estimate of drug-likeness (QED) is 0.421. The molecule has 2 aromatic carbocycles. The molecule has 234 valence electrons. The fraction of sp³-hybridized carbons (Fsp3) is 0.486. The molecule has 1 spiro atoms. The minimum absolute atomic E-state index is 0.0594. The number of carbonyl (C=O) groups excluding carboxylic acids is 3. The number of imide groups is 1. The number of ether oxygens (including phenoxy) is 3. The number of rotatable bonds is 6. The van der Waals surface area contributed by atoms with Gasteiger partial charge in [0.15, 0.2) is 0 Å². The Balaban J connectivity index is 0.876. The number of piperidine rings is 1. The molecule has 8 rings (SSSR count). The van der Waals surface area contributed by atoms with E-state index in [1.807, 2.05) is 12.1 Å². The van der Waals surface area contributed by atoms with Gasteiger partial charge in [0.25, 0.3) is 5.91 Å². The molecule has 0 radical (unpaired) electrons. The first-order chi connectivity index (χ1) is 21.9. The lowest BCUT2D eigenvalue weighted by Gasteiger charge is -2.36. The van der Waals surface area contributed by atoms with Crippen molar-refractivity contribution in [3.05, 3.63) is 70.9 Å². The topological polar surface area (TPSA) is 110 Å². The van der Waals surface area contributed by atoms with E-state index in [1.54, 1.807) is 11.0 Å². The molecule has 4 atom stereocenters. The van der Waals surface area contributed by atoms with Crippen LogP contribution in [0, 0.1) is 0 Å². The maximum Gasteiger partial charge on any atom is 0.255 e. The molecule has 10 heteroatoms. The first-order valence-electron chi connectivity index (χ1n) is 16.2. The first-order valence-corrected chi connectivity index (χ1v) is 16.2. The summed E-state index contributed by atoms with van der Waals surface area (Å²) in [5, 5.41) is 3.51. The lowest BCUT2D eigenvalue weighted by molar-refractivity contribution is -0.136. The zero-order chi connectivity index (χ0) is 30.5. The molecule has 4 saturated heterocycles. The normalized spacial score (nSPS) is 28.7. The molecule has 3 aromatic rings. The molecule has 0 saturated carbocycles. The predicted molar refractivity (Wildman–Crippen MR) is 165 cm³/mol. The number of pyridine rings is 1. The van der Waals surface area contributed by atoms with Gasteiger partial charge in [0.2, 0.25) is 11.8 Å². The van der Waals surface area contributed by atoms with Crippen LogP contribution in [0.5, 0.6) is 5.75 Å². The van der Waals surface area contributed by atoms with E-state index in [9.17, 15) is 14.4 Å². The molecule has 5 aliphatic rings. The average molecular weight is 611 g/mol. The average Bonchev–Trinajstić information content (AvgIpc) is 3.76. The van der Waals surface area contributed by atoms with Crippen molar-refractivity contribution < 1.29 is 28.6 Å². The fourth-order valence-corrected chi connectivity index (χ4v) is 7.77. The molecule has 6 heterocycles. The molecule has 0 aliphatic carbocycles. The monoisotopic (exact) mass is 610 g/mol. The summed E-state index contributed by atoms with van der Waals surface area (Å²) in [6.07, 6.45) is 4.54. The smallest absolute Gasteiger partial charge is 0.255 e. The molecular formula is C35H38N4O6. The number of likely N-dealkylation sites (tertiary alicyclic amines) is 1. The van der Waals surface area contributed by atoms with Crippen molar-refractivity contribution in [2.24, 2.45) is 0 Å². The van der Waals surface area contributed by atoms with Crippen molar-refractivity contribution in [3.8, 4) is 5.75 Å². The van der Waals surface area contributed by atoms with Crippen LogP contribution in [-0.2, 0) is 32.2 Å². The number of hydrogen-bond donors (Lipinski definition) is 1. The Kier molecular flexibility index (Phi) is 7.31. The minimum Gasteiger partial charge on any atom is -0.489 e. The van der Waals surface area contributed by atoms with Crippen LogP contribution >= 0.6 is 0 Å². The van der Waals surface area contributed by atoms with Crippen LogP contribution in [0.3, 0.4) is 0 Å². The SMILES string of the molecule is O=C1CC[C@H](N2Cc3cc(O[C@H]4CCN(Cc5ccc6nc([C@@H]7CCO[C@]8(CCOC8)C7)ccc6c5)C4)ccc3C2=O)C(=O)N1. The summed E-state index contributed by atoms with van der Waals surface area (Å²) < 4.78 is 18.2. The third-order valence-electron chi connectivity index (χ3n) is 10.2. The fourth-order valence-electron chi connectivity index (χ4n) is 7.77. The van der Waals surface area contributed by atoms with Gasteiger partial charge in [-0.25, -0.2) is 0 Å². The van der Waals surface area contributed by atoms with Gasteiger partial charge in [0.05, 0.1) is 17.7 Å². The van der Waals surface area contributed by atoms with E-state index in [2.05, 4.69) is 40.5 Å². The Morgan fingerprint density at radius 1 is 1.02 bits per heavy atom. The Bertz CT molecular complexity index is 1670. The molecule has 45 heavy (non-hydrogen) atoms. The summed E-state index contributed by atoms with van der Waals surface area (Å²) in [5.74, 6) is 0.289. The summed E-state index contributed by atoms with van der Waals surface area (Å²) in [7, 11) is 0. The summed E-state index contributed by atoms with van der Waals surface area (Å²) in [4.78, 5) is 46.0. The van der Waals surface area contributed by atoms with Crippen LogP contribution in [0.25, 0.3) is 10.9 Å². The minimum atomic E-state index is -0.616. The number of nitrogens with one attached hydrogen (secondary N) is 1. The van der Waals surface area contributed by atoms with Gasteiger partial charge in [0, 0.05) is 74.8 Å². The Morgan fingerprint density at radius 2 is 1.96 bits per heavy atom. The second kappa shape index (κ2) is 11.5. The molecule has 4 fully saturated rings. The van der Waals surface area contributed by atoms with Crippen LogP contribution in [0.1, 0.15) is 71.6 Å². The lowest BCUT2D eigenvalue weighted by Crippen LogP contribution is -2.52. The Labute approximate surface area is 262 Å². The first kappa shape index (κ1) is 28.6. The van der Waals surface area contributed by atoms with E-state index in [-0.39, 0.29) is 29.9 Å². The van der Waals surface area contributed by atoms with Gasteiger partial charge in [-0.2, -0.15) is 0 Å². The number of hydrogen-bond acceptors (Lipinski definition) is 8. The van der Waals surface area contributed by atoms with Crippen LogP contribution in [0.2, 0.25) is 0 Å². The molecule has 1 aromatic heterocycles. The lowest BCUT2D eigenvalue weighted by atomic mass is 9.83. The van der Waals surface area contributed by atoms with Gasteiger partial charge >= 0.3 is 0 Å². The van der Waals surface area contributed by atoms with Crippen molar-refractivity contribution in [1.29, 1.82) is 0 Å². The zero-order valence-corrected chi connectivity index (χ0v) is 25.3. The summed E-state index contributed by atoms with van der Waals surface area (Å²) in [5.41, 5.74) is 4.78. The zero-order valence-electron chi connectivity index (χ0n) is 25.3. The van der Waals surface area contributed by atoms with E-state index in [1.165, 1.54) is 5.56 Å². The van der Waals surface area contributed by atoms with E-state index in [0.29, 0.717) is 31.1 Å². The standard InChI is InChI=1S/C35H38N4O6/c40-32-8-7-31(33(41)37-32)39-19-25-16-26(3-4-28(25)34(39)42)45-27-9-12-38(20-27)18-22-1-5-29-23(15-22)2-6-30(36-29)24-10-13-44-35(17-24)11-14-43-21-35/h1-6,15-16,24,27,31H,7-14,17-21H2,(H,37,40,41)/t24-,27+,31+,35-/m1/s1. The molecule has 1 N–H and O–H groups in total. The largest absolute Gasteiger partial charge is 0.489 e. The van der Waals surface area contributed by atoms with E-state index < -0.39 is 11.9 Å². The number of benzene rings is 2. The van der Waals surface area contributed by atoms with E-state index >= 15 is 0 Å². The molecule has 5 aliphatic heterocycles. The van der Waals surface area contributed by atoms with Gasteiger partial charge in [-0.1, -0.05) is 12.1 Å². The highest BCUT2D eigenvalue weighted by atomic mass is 16.6. The summed E-state index contributed by atoms with van der Waals surface area (Å²) in [6.45, 7) is 5.21. The van der Waals surface area contributed by atoms with Crippen LogP contribution in [0.15, 0.2) is 48.5 Å². The van der Waals surface area contributed by atoms with Crippen molar-refractivity contribution in [2.75, 3.05) is 32.9 Å². The van der Waals surface area contributed by atoms with Gasteiger partial charge in [0.1, 0.15) is 17.9 Å². The Hall–Kier alpha value is -3.86. The highest BCUT2D eigenvalue weighted by molar-refractivity contribution is 6.05. The van der Waals surface area contributed by atoms with Gasteiger partial charge in [-0.3, -0.25) is 29.6 Å². The highest BCUT2D eigenvalue weighted by Crippen LogP contribution is 2.40. The van der Waals surface area contributed by atoms with Crippen molar-refractivity contribution in [2.45, 2.75) is 75.3 Å². The van der Waals surface area contributed by atoms with Crippen LogP contribution in [-0.4, -0.2) is 83.2 Å². The second-order valence-corrected chi connectivity index (χ2v) is 13.3. The molecule has 3 amide bonds. The van der Waals surface area contributed by atoms with E-state index in [4.69, 9.17) is 19.2 Å². The molecule has 10 nitrogen and oxygen atoms in total. The summed E-state index contributed by atoms with van der Waals surface area (Å²) >= 11 is 0. The van der Waals surface area contributed by atoms with Crippen molar-refractivity contribution >= 4 is 28.6 Å². The molecular weight excluding hydrogens is 572 g/mol. The third-order valence-corrected chi connectivity index (χ3v) is 10.2. The number of amides is 3.